The largest absolute Gasteiger partial charge is 0.350 e. The summed E-state index contributed by atoms with van der Waals surface area (Å²) in [7, 11) is 0. The fraction of sp³-hybridized carbons (Fsp3) is 0.667. The SMILES string of the molecule is CC(C)(N)CNC(=O)c1cnn(C(C)(C)C)c1. The van der Waals surface area contributed by atoms with Gasteiger partial charge < -0.3 is 11.1 Å². The minimum atomic E-state index is -0.407. The standard InChI is InChI=1S/C12H22N4O/c1-11(2,3)16-7-9(6-15-16)10(17)14-8-12(4,5)13/h6-7H,8,13H2,1-5H3,(H,14,17). The van der Waals surface area contributed by atoms with Gasteiger partial charge in [0.25, 0.3) is 5.91 Å². The Labute approximate surface area is 102 Å². The zero-order valence-corrected chi connectivity index (χ0v) is 11.2. The molecule has 0 saturated heterocycles. The summed E-state index contributed by atoms with van der Waals surface area (Å²) in [6.45, 7) is 10.3. The van der Waals surface area contributed by atoms with Crippen molar-refractivity contribution >= 4 is 5.91 Å². The highest BCUT2D eigenvalue weighted by Gasteiger charge is 2.18. The lowest BCUT2D eigenvalue weighted by Gasteiger charge is -2.19. The van der Waals surface area contributed by atoms with Crippen LogP contribution in [0.15, 0.2) is 12.4 Å². The highest BCUT2D eigenvalue weighted by Crippen LogP contribution is 2.13. The first-order valence-corrected chi connectivity index (χ1v) is 5.72. The van der Waals surface area contributed by atoms with Crippen molar-refractivity contribution in [1.29, 1.82) is 0 Å². The molecule has 0 spiro atoms. The van der Waals surface area contributed by atoms with Gasteiger partial charge in [-0.1, -0.05) is 0 Å². The van der Waals surface area contributed by atoms with Gasteiger partial charge in [0, 0.05) is 18.3 Å². The number of hydrogen-bond acceptors (Lipinski definition) is 3. The molecule has 17 heavy (non-hydrogen) atoms. The fourth-order valence-corrected chi connectivity index (χ4v) is 1.22. The second kappa shape index (κ2) is 4.49. The van der Waals surface area contributed by atoms with Crippen LogP contribution in [0.25, 0.3) is 0 Å². The Balaban J connectivity index is 2.68. The second-order valence-electron chi connectivity index (χ2n) is 6.02. The minimum absolute atomic E-state index is 0.119. The monoisotopic (exact) mass is 238 g/mol. The zero-order chi connectivity index (χ0) is 13.3. The van der Waals surface area contributed by atoms with E-state index in [2.05, 4.69) is 10.4 Å². The van der Waals surface area contributed by atoms with Crippen LogP contribution in [-0.2, 0) is 5.54 Å². The number of rotatable bonds is 3. The Morgan fingerprint density at radius 1 is 1.41 bits per heavy atom. The summed E-state index contributed by atoms with van der Waals surface area (Å²) in [6, 6.07) is 0. The summed E-state index contributed by atoms with van der Waals surface area (Å²) < 4.78 is 1.77. The van der Waals surface area contributed by atoms with Gasteiger partial charge in [0.1, 0.15) is 0 Å². The average molecular weight is 238 g/mol. The molecule has 3 N–H and O–H groups in total. The van der Waals surface area contributed by atoms with Crippen LogP contribution in [0.2, 0.25) is 0 Å². The van der Waals surface area contributed by atoms with E-state index in [1.165, 1.54) is 0 Å². The van der Waals surface area contributed by atoms with Crippen molar-refractivity contribution in [2.24, 2.45) is 5.73 Å². The molecule has 0 radical (unpaired) electrons. The van der Waals surface area contributed by atoms with Crippen LogP contribution in [0.4, 0.5) is 0 Å². The molecule has 1 aromatic rings. The molecule has 0 bridgehead atoms. The number of carbonyl (C=O) groups excluding carboxylic acids is 1. The number of amides is 1. The summed E-state index contributed by atoms with van der Waals surface area (Å²) >= 11 is 0. The van der Waals surface area contributed by atoms with Crippen molar-refractivity contribution in [3.63, 3.8) is 0 Å². The lowest BCUT2D eigenvalue weighted by molar-refractivity contribution is 0.0946. The predicted molar refractivity (Wildman–Crippen MR) is 67.8 cm³/mol. The third-order valence-corrected chi connectivity index (χ3v) is 2.24. The normalized spacial score (nSPS) is 12.6. The van der Waals surface area contributed by atoms with Crippen LogP contribution in [0.3, 0.4) is 0 Å². The van der Waals surface area contributed by atoms with Crippen molar-refractivity contribution in [2.45, 2.75) is 45.7 Å². The quantitative estimate of drug-likeness (QED) is 0.828. The summed E-state index contributed by atoms with van der Waals surface area (Å²) in [6.07, 6.45) is 3.32. The van der Waals surface area contributed by atoms with E-state index in [0.29, 0.717) is 12.1 Å². The minimum Gasteiger partial charge on any atom is -0.350 e. The molecule has 1 aromatic heterocycles. The highest BCUT2D eigenvalue weighted by molar-refractivity contribution is 5.93. The number of hydrogen-bond donors (Lipinski definition) is 2. The molecular weight excluding hydrogens is 216 g/mol. The van der Waals surface area contributed by atoms with Crippen molar-refractivity contribution in [3.8, 4) is 0 Å². The maximum absolute atomic E-state index is 11.8. The third-order valence-electron chi connectivity index (χ3n) is 2.24. The second-order valence-corrected chi connectivity index (χ2v) is 6.02. The molecule has 0 unspecified atom stereocenters. The van der Waals surface area contributed by atoms with E-state index >= 15 is 0 Å². The van der Waals surface area contributed by atoms with Gasteiger partial charge >= 0.3 is 0 Å². The molecule has 5 heteroatoms. The van der Waals surface area contributed by atoms with Crippen molar-refractivity contribution in [3.05, 3.63) is 18.0 Å². The molecule has 0 saturated carbocycles. The first-order valence-electron chi connectivity index (χ1n) is 5.72. The Kier molecular flexibility index (Phi) is 3.62. The van der Waals surface area contributed by atoms with Crippen molar-refractivity contribution < 1.29 is 4.79 Å². The molecule has 0 atom stereocenters. The van der Waals surface area contributed by atoms with Crippen LogP contribution in [0.5, 0.6) is 0 Å². The predicted octanol–water partition coefficient (Wildman–Crippen LogP) is 1.11. The van der Waals surface area contributed by atoms with Crippen LogP contribution in [0.1, 0.15) is 45.0 Å². The maximum atomic E-state index is 11.8. The van der Waals surface area contributed by atoms with E-state index in [-0.39, 0.29) is 11.4 Å². The third kappa shape index (κ3) is 4.19. The number of aromatic nitrogens is 2. The lowest BCUT2D eigenvalue weighted by atomic mass is 10.1. The number of nitrogens with zero attached hydrogens (tertiary/aromatic N) is 2. The van der Waals surface area contributed by atoms with Gasteiger partial charge in [0.2, 0.25) is 0 Å². The number of carbonyl (C=O) groups is 1. The molecule has 1 rings (SSSR count). The molecule has 0 aliphatic carbocycles. The molecule has 0 aliphatic heterocycles. The molecular formula is C12H22N4O. The van der Waals surface area contributed by atoms with Crippen LogP contribution >= 0.6 is 0 Å². The summed E-state index contributed by atoms with van der Waals surface area (Å²) in [5.74, 6) is -0.140. The Morgan fingerprint density at radius 3 is 2.41 bits per heavy atom. The molecule has 1 heterocycles. The van der Waals surface area contributed by atoms with Gasteiger partial charge in [0.05, 0.1) is 17.3 Å². The van der Waals surface area contributed by atoms with E-state index in [9.17, 15) is 4.79 Å². The van der Waals surface area contributed by atoms with Crippen LogP contribution in [-0.4, -0.2) is 27.8 Å². The summed E-state index contributed by atoms with van der Waals surface area (Å²) in [5, 5.41) is 6.96. The molecule has 0 fully saturated rings. The average Bonchev–Trinajstić information content (AvgIpc) is 2.60. The van der Waals surface area contributed by atoms with E-state index in [4.69, 9.17) is 5.73 Å². The van der Waals surface area contributed by atoms with E-state index < -0.39 is 5.54 Å². The van der Waals surface area contributed by atoms with Gasteiger partial charge in [-0.15, -0.1) is 0 Å². The first-order chi connectivity index (χ1) is 7.59. The summed E-state index contributed by atoms with van der Waals surface area (Å²) in [4.78, 5) is 11.8. The number of nitrogens with two attached hydrogens (primary N) is 1. The van der Waals surface area contributed by atoms with E-state index in [1.54, 1.807) is 17.1 Å². The molecule has 0 aliphatic rings. The van der Waals surface area contributed by atoms with E-state index in [0.717, 1.165) is 0 Å². The van der Waals surface area contributed by atoms with E-state index in [1.807, 2.05) is 34.6 Å². The molecule has 96 valence electrons. The van der Waals surface area contributed by atoms with Gasteiger partial charge in [-0.3, -0.25) is 9.48 Å². The lowest BCUT2D eigenvalue weighted by Crippen LogP contribution is -2.45. The molecule has 5 nitrogen and oxygen atoms in total. The van der Waals surface area contributed by atoms with Crippen molar-refractivity contribution in [2.75, 3.05) is 6.54 Å². The van der Waals surface area contributed by atoms with Crippen molar-refractivity contribution in [1.82, 2.24) is 15.1 Å². The van der Waals surface area contributed by atoms with Gasteiger partial charge in [0.15, 0.2) is 0 Å². The topological polar surface area (TPSA) is 72.9 Å². The molecule has 1 amide bonds. The van der Waals surface area contributed by atoms with Gasteiger partial charge in [-0.25, -0.2) is 0 Å². The number of nitrogens with one attached hydrogen (secondary N) is 1. The highest BCUT2D eigenvalue weighted by atomic mass is 16.1. The van der Waals surface area contributed by atoms with Crippen LogP contribution in [0, 0.1) is 0 Å². The Bertz CT molecular complexity index is 395. The maximum Gasteiger partial charge on any atom is 0.254 e. The Morgan fingerprint density at radius 2 is 2.00 bits per heavy atom. The van der Waals surface area contributed by atoms with Gasteiger partial charge in [-0.2, -0.15) is 5.10 Å². The van der Waals surface area contributed by atoms with Crippen LogP contribution < -0.4 is 11.1 Å². The Hall–Kier alpha value is -1.36. The molecule has 0 aromatic carbocycles. The first kappa shape index (κ1) is 13.7. The summed E-state index contributed by atoms with van der Waals surface area (Å²) in [5.41, 5.74) is 5.83. The fourth-order valence-electron chi connectivity index (χ4n) is 1.22. The zero-order valence-electron chi connectivity index (χ0n) is 11.2. The van der Waals surface area contributed by atoms with Gasteiger partial charge in [-0.05, 0) is 34.6 Å². The smallest absolute Gasteiger partial charge is 0.254 e.